The van der Waals surface area contributed by atoms with E-state index in [1.54, 1.807) is 31.2 Å². The Balaban J connectivity index is 2.41. The van der Waals surface area contributed by atoms with Gasteiger partial charge in [0.05, 0.1) is 0 Å². The summed E-state index contributed by atoms with van der Waals surface area (Å²) < 4.78 is 13.2. The molecule has 92 valence electrons. The molecule has 0 atom stereocenters. The first kappa shape index (κ1) is 12.8. The minimum absolute atomic E-state index is 0.127. The van der Waals surface area contributed by atoms with Crippen molar-refractivity contribution < 1.29 is 9.18 Å². The second kappa shape index (κ2) is 4.91. The first-order valence-electron chi connectivity index (χ1n) is 5.56. The average Bonchev–Trinajstić information content (AvgIpc) is 2.35. The van der Waals surface area contributed by atoms with E-state index >= 15 is 0 Å². The lowest BCUT2D eigenvalue weighted by Crippen LogP contribution is -2.02. The Morgan fingerprint density at radius 2 is 1.56 bits per heavy atom. The summed E-state index contributed by atoms with van der Waals surface area (Å²) in [5.41, 5.74) is 2.35. The van der Waals surface area contributed by atoms with E-state index in [9.17, 15) is 9.18 Å². The van der Waals surface area contributed by atoms with Crippen LogP contribution in [0.25, 0.3) is 0 Å². The van der Waals surface area contributed by atoms with Crippen LogP contribution in [0, 0.1) is 19.7 Å². The van der Waals surface area contributed by atoms with Crippen molar-refractivity contribution in [1.82, 2.24) is 0 Å². The van der Waals surface area contributed by atoms with Crippen molar-refractivity contribution in [3.05, 3.63) is 69.5 Å². The third-order valence-corrected chi connectivity index (χ3v) is 3.26. The van der Waals surface area contributed by atoms with E-state index in [4.69, 9.17) is 11.6 Å². The molecular formula is C15H12ClFO. The van der Waals surface area contributed by atoms with Crippen LogP contribution >= 0.6 is 11.6 Å². The molecule has 18 heavy (non-hydrogen) atoms. The summed E-state index contributed by atoms with van der Waals surface area (Å²) in [5.74, 6) is -0.434. The molecule has 0 saturated carbocycles. The zero-order chi connectivity index (χ0) is 13.3. The van der Waals surface area contributed by atoms with Crippen molar-refractivity contribution in [2.24, 2.45) is 0 Å². The Hall–Kier alpha value is -1.67. The van der Waals surface area contributed by atoms with Crippen molar-refractivity contribution in [2.45, 2.75) is 13.8 Å². The fourth-order valence-electron chi connectivity index (χ4n) is 1.74. The lowest BCUT2D eigenvalue weighted by Gasteiger charge is -2.05. The highest BCUT2D eigenvalue weighted by Gasteiger charge is 2.11. The average molecular weight is 263 g/mol. The summed E-state index contributed by atoms with van der Waals surface area (Å²) in [7, 11) is 0. The summed E-state index contributed by atoms with van der Waals surface area (Å²) in [6, 6.07) is 9.47. The summed E-state index contributed by atoms with van der Waals surface area (Å²) in [6.45, 7) is 3.48. The largest absolute Gasteiger partial charge is 0.289 e. The minimum Gasteiger partial charge on any atom is -0.289 e. The Kier molecular flexibility index (Phi) is 3.48. The molecule has 0 aromatic heterocycles. The van der Waals surface area contributed by atoms with Gasteiger partial charge in [-0.1, -0.05) is 11.6 Å². The number of rotatable bonds is 2. The molecular weight excluding hydrogens is 251 g/mol. The van der Waals surface area contributed by atoms with Crippen LogP contribution in [0.3, 0.4) is 0 Å². The van der Waals surface area contributed by atoms with Crippen molar-refractivity contribution >= 4 is 17.4 Å². The van der Waals surface area contributed by atoms with Gasteiger partial charge in [-0.25, -0.2) is 4.39 Å². The quantitative estimate of drug-likeness (QED) is 0.737. The zero-order valence-corrected chi connectivity index (χ0v) is 10.9. The van der Waals surface area contributed by atoms with Gasteiger partial charge in [0.2, 0.25) is 0 Å². The van der Waals surface area contributed by atoms with E-state index in [1.807, 2.05) is 6.92 Å². The van der Waals surface area contributed by atoms with E-state index in [1.165, 1.54) is 12.1 Å². The molecule has 0 amide bonds. The normalized spacial score (nSPS) is 10.4. The molecule has 0 aliphatic heterocycles. The van der Waals surface area contributed by atoms with Gasteiger partial charge in [0.15, 0.2) is 5.78 Å². The van der Waals surface area contributed by atoms with Gasteiger partial charge >= 0.3 is 0 Å². The Labute approximate surface area is 110 Å². The predicted molar refractivity (Wildman–Crippen MR) is 70.8 cm³/mol. The van der Waals surface area contributed by atoms with Gasteiger partial charge in [-0.05, 0) is 61.4 Å². The van der Waals surface area contributed by atoms with E-state index in [2.05, 4.69) is 0 Å². The molecule has 0 saturated heterocycles. The molecule has 0 bridgehead atoms. The van der Waals surface area contributed by atoms with Crippen LogP contribution in [0.4, 0.5) is 4.39 Å². The molecule has 2 aromatic rings. The van der Waals surface area contributed by atoms with Gasteiger partial charge in [-0.15, -0.1) is 0 Å². The summed E-state index contributed by atoms with van der Waals surface area (Å²) >= 11 is 5.92. The van der Waals surface area contributed by atoms with E-state index in [-0.39, 0.29) is 11.6 Å². The monoisotopic (exact) mass is 262 g/mol. The standard InChI is InChI=1S/C15H12ClFO/c1-9-7-11(3-5-13(9)16)15(18)12-4-6-14(17)10(2)8-12/h3-8H,1-2H3. The lowest BCUT2D eigenvalue weighted by atomic mass is 10.00. The fourth-order valence-corrected chi connectivity index (χ4v) is 1.86. The van der Waals surface area contributed by atoms with Crippen molar-refractivity contribution in [2.75, 3.05) is 0 Å². The molecule has 2 rings (SSSR count). The highest BCUT2D eigenvalue weighted by Crippen LogP contribution is 2.19. The molecule has 2 aromatic carbocycles. The number of ketones is 1. The van der Waals surface area contributed by atoms with E-state index in [0.29, 0.717) is 21.7 Å². The Morgan fingerprint density at radius 3 is 2.11 bits per heavy atom. The number of halogens is 2. The minimum atomic E-state index is -0.307. The highest BCUT2D eigenvalue weighted by molar-refractivity contribution is 6.31. The molecule has 0 unspecified atom stereocenters. The summed E-state index contributed by atoms with van der Waals surface area (Å²) in [5, 5.41) is 0.627. The number of hydrogen-bond donors (Lipinski definition) is 0. The smallest absolute Gasteiger partial charge is 0.193 e. The van der Waals surface area contributed by atoms with Gasteiger partial charge < -0.3 is 0 Å². The molecule has 0 aliphatic rings. The molecule has 0 heterocycles. The third kappa shape index (κ3) is 2.44. The Morgan fingerprint density at radius 1 is 1.00 bits per heavy atom. The number of hydrogen-bond acceptors (Lipinski definition) is 1. The summed E-state index contributed by atoms with van der Waals surface area (Å²) in [6.07, 6.45) is 0. The molecule has 0 fully saturated rings. The molecule has 3 heteroatoms. The first-order valence-corrected chi connectivity index (χ1v) is 5.94. The number of benzene rings is 2. The maximum atomic E-state index is 13.2. The summed E-state index contributed by atoms with van der Waals surface area (Å²) in [4.78, 5) is 12.2. The van der Waals surface area contributed by atoms with E-state index in [0.717, 1.165) is 5.56 Å². The number of carbonyl (C=O) groups excluding carboxylic acids is 1. The van der Waals surface area contributed by atoms with Gasteiger partial charge in [0, 0.05) is 16.1 Å². The van der Waals surface area contributed by atoms with Crippen LogP contribution in [0.5, 0.6) is 0 Å². The zero-order valence-electron chi connectivity index (χ0n) is 10.1. The first-order chi connectivity index (χ1) is 8.49. The fraction of sp³-hybridized carbons (Fsp3) is 0.133. The van der Waals surface area contributed by atoms with Crippen LogP contribution < -0.4 is 0 Å². The number of aryl methyl sites for hydroxylation is 2. The second-order valence-electron chi connectivity index (χ2n) is 4.26. The van der Waals surface area contributed by atoms with Crippen molar-refractivity contribution in [3.8, 4) is 0 Å². The van der Waals surface area contributed by atoms with Gasteiger partial charge in [-0.2, -0.15) is 0 Å². The third-order valence-electron chi connectivity index (χ3n) is 2.84. The van der Waals surface area contributed by atoms with Crippen molar-refractivity contribution in [3.63, 3.8) is 0 Å². The SMILES string of the molecule is Cc1cc(C(=O)c2ccc(Cl)c(C)c2)ccc1F. The lowest BCUT2D eigenvalue weighted by molar-refractivity contribution is 0.103. The number of carbonyl (C=O) groups is 1. The van der Waals surface area contributed by atoms with Gasteiger partial charge in [-0.3, -0.25) is 4.79 Å². The molecule has 0 aliphatic carbocycles. The van der Waals surface area contributed by atoms with Crippen LogP contribution in [-0.4, -0.2) is 5.78 Å². The molecule has 0 N–H and O–H groups in total. The maximum absolute atomic E-state index is 13.2. The van der Waals surface area contributed by atoms with Gasteiger partial charge in [0.25, 0.3) is 0 Å². The van der Waals surface area contributed by atoms with E-state index < -0.39 is 0 Å². The maximum Gasteiger partial charge on any atom is 0.193 e. The Bertz CT molecular complexity index is 566. The highest BCUT2D eigenvalue weighted by atomic mass is 35.5. The second-order valence-corrected chi connectivity index (χ2v) is 4.66. The van der Waals surface area contributed by atoms with Crippen molar-refractivity contribution in [1.29, 1.82) is 0 Å². The molecule has 1 nitrogen and oxygen atoms in total. The predicted octanol–water partition coefficient (Wildman–Crippen LogP) is 4.33. The van der Waals surface area contributed by atoms with Gasteiger partial charge in [0.1, 0.15) is 5.82 Å². The molecule has 0 spiro atoms. The van der Waals surface area contributed by atoms with Crippen LogP contribution in [0.2, 0.25) is 5.02 Å². The molecule has 0 radical (unpaired) electrons. The van der Waals surface area contributed by atoms with Crippen LogP contribution in [-0.2, 0) is 0 Å². The topological polar surface area (TPSA) is 17.1 Å². The van der Waals surface area contributed by atoms with Crippen LogP contribution in [0.1, 0.15) is 27.0 Å². The van der Waals surface area contributed by atoms with Crippen LogP contribution in [0.15, 0.2) is 36.4 Å².